The van der Waals surface area contributed by atoms with Crippen molar-refractivity contribution in [3.63, 3.8) is 0 Å². The molecule has 2 heterocycles. The predicted molar refractivity (Wildman–Crippen MR) is 145 cm³/mol. The van der Waals surface area contributed by atoms with E-state index in [0.717, 1.165) is 5.57 Å². The van der Waals surface area contributed by atoms with Crippen molar-refractivity contribution in [2.75, 3.05) is 26.9 Å². The SMILES string of the molecule is [2H]C1([2H])O[C@](C)(CCOC)[C@@]2(C)OCC/C(=[CH]\[Sn]([c]3ccccc3)([c]3ccccc3)[c]3ccccc3)[C@@H]12. The zero-order valence-electron chi connectivity index (χ0n) is 22.9. The number of hydrogen-bond acceptors (Lipinski definition) is 3. The molecule has 2 saturated heterocycles. The Balaban J connectivity index is 1.77. The first-order valence-corrected chi connectivity index (χ1v) is 18.4. The van der Waals surface area contributed by atoms with E-state index in [1.165, 1.54) is 10.7 Å². The van der Waals surface area contributed by atoms with Crippen molar-refractivity contribution in [3.8, 4) is 0 Å². The Hall–Kier alpha value is -1.92. The molecule has 0 radical (unpaired) electrons. The molecule has 0 aliphatic carbocycles. The van der Waals surface area contributed by atoms with Crippen LogP contribution in [0.2, 0.25) is 0 Å². The molecule has 0 saturated carbocycles. The number of ether oxygens (including phenoxy) is 3. The van der Waals surface area contributed by atoms with Crippen LogP contribution in [0, 0.1) is 5.92 Å². The van der Waals surface area contributed by atoms with Crippen LogP contribution in [0.5, 0.6) is 0 Å². The summed E-state index contributed by atoms with van der Waals surface area (Å²) in [6, 6.07) is 32.5. The monoisotopic (exact) mass is 578 g/mol. The van der Waals surface area contributed by atoms with Crippen molar-refractivity contribution in [1.29, 1.82) is 0 Å². The molecule has 3 atom stereocenters. The van der Waals surface area contributed by atoms with Crippen molar-refractivity contribution < 1.29 is 17.0 Å². The van der Waals surface area contributed by atoms with Crippen molar-refractivity contribution in [1.82, 2.24) is 0 Å². The number of fused-ring (bicyclic) bond motifs is 1. The molecule has 3 nitrogen and oxygen atoms in total. The molecule has 2 aliphatic heterocycles. The van der Waals surface area contributed by atoms with Crippen LogP contribution in [0.3, 0.4) is 0 Å². The molecule has 0 N–H and O–H groups in total. The van der Waals surface area contributed by atoms with Crippen LogP contribution in [-0.2, 0) is 14.2 Å². The molecule has 0 unspecified atom stereocenters. The maximum atomic E-state index is 9.09. The maximum absolute atomic E-state index is 9.09. The third-order valence-electron chi connectivity index (χ3n) is 8.04. The van der Waals surface area contributed by atoms with Gasteiger partial charge in [0.25, 0.3) is 0 Å². The summed E-state index contributed by atoms with van der Waals surface area (Å²) in [5.41, 5.74) is -0.491. The Bertz CT molecular complexity index is 1140. The van der Waals surface area contributed by atoms with Gasteiger partial charge in [0.05, 0.1) is 0 Å². The van der Waals surface area contributed by atoms with Crippen LogP contribution in [0.25, 0.3) is 0 Å². The van der Waals surface area contributed by atoms with E-state index in [0.29, 0.717) is 26.1 Å². The summed E-state index contributed by atoms with van der Waals surface area (Å²) >= 11 is -3.77. The van der Waals surface area contributed by atoms with Gasteiger partial charge in [-0.15, -0.1) is 0 Å². The van der Waals surface area contributed by atoms with E-state index < -0.39 is 42.1 Å². The second-order valence-electron chi connectivity index (χ2n) is 9.96. The van der Waals surface area contributed by atoms with E-state index in [2.05, 4.69) is 95.1 Å². The molecular weight excluding hydrogens is 539 g/mol. The topological polar surface area (TPSA) is 27.7 Å². The van der Waals surface area contributed by atoms with E-state index in [-0.39, 0.29) is 0 Å². The zero-order valence-corrected chi connectivity index (χ0v) is 23.7. The fourth-order valence-corrected chi connectivity index (χ4v) is 18.7. The third kappa shape index (κ3) is 4.31. The van der Waals surface area contributed by atoms with Gasteiger partial charge in [-0.2, -0.15) is 0 Å². The van der Waals surface area contributed by atoms with Gasteiger partial charge in [0.2, 0.25) is 0 Å². The zero-order chi connectivity index (χ0) is 26.2. The van der Waals surface area contributed by atoms with Crippen LogP contribution in [0.1, 0.15) is 29.4 Å². The molecule has 2 fully saturated rings. The van der Waals surface area contributed by atoms with Crippen LogP contribution in [0.15, 0.2) is 101 Å². The van der Waals surface area contributed by atoms with E-state index in [1.54, 1.807) is 7.11 Å². The van der Waals surface area contributed by atoms with Crippen molar-refractivity contribution in [2.45, 2.75) is 37.9 Å². The van der Waals surface area contributed by atoms with Gasteiger partial charge in [-0.25, -0.2) is 0 Å². The van der Waals surface area contributed by atoms with Gasteiger partial charge in [-0.05, 0) is 0 Å². The molecule has 35 heavy (non-hydrogen) atoms. The Morgan fingerprint density at radius 3 is 1.89 bits per heavy atom. The van der Waals surface area contributed by atoms with Gasteiger partial charge in [0, 0.05) is 0 Å². The van der Waals surface area contributed by atoms with Gasteiger partial charge in [-0.3, -0.25) is 0 Å². The molecule has 0 spiro atoms. The van der Waals surface area contributed by atoms with Gasteiger partial charge in [-0.1, -0.05) is 0 Å². The molecule has 3 aromatic carbocycles. The first-order chi connectivity index (χ1) is 17.8. The first-order valence-electron chi connectivity index (χ1n) is 13.5. The van der Waals surface area contributed by atoms with Crippen molar-refractivity contribution in [3.05, 3.63) is 101 Å². The van der Waals surface area contributed by atoms with E-state index >= 15 is 0 Å². The van der Waals surface area contributed by atoms with E-state index in [1.807, 2.05) is 13.8 Å². The molecule has 4 heteroatoms. The molecule has 2 aliphatic rings. The fraction of sp³-hybridized carbons (Fsp3) is 0.355. The summed E-state index contributed by atoms with van der Waals surface area (Å²) in [6.07, 6.45) is 1.25. The number of hydrogen-bond donors (Lipinski definition) is 0. The Morgan fingerprint density at radius 2 is 1.40 bits per heavy atom. The van der Waals surface area contributed by atoms with Crippen LogP contribution in [0.4, 0.5) is 0 Å². The van der Waals surface area contributed by atoms with Crippen LogP contribution < -0.4 is 10.7 Å². The molecule has 182 valence electrons. The molecule has 5 rings (SSSR count). The average Bonchev–Trinajstić information content (AvgIpc) is 3.08. The molecular formula is C31H36O3Sn. The Morgan fingerprint density at radius 1 is 0.886 bits per heavy atom. The van der Waals surface area contributed by atoms with Crippen LogP contribution >= 0.6 is 0 Å². The summed E-state index contributed by atoms with van der Waals surface area (Å²) in [5, 5.41) is 0. The summed E-state index contributed by atoms with van der Waals surface area (Å²) in [7, 11) is 1.67. The van der Waals surface area contributed by atoms with Gasteiger partial charge in [0.1, 0.15) is 0 Å². The van der Waals surface area contributed by atoms with Crippen molar-refractivity contribution >= 4 is 29.1 Å². The van der Waals surface area contributed by atoms with Crippen molar-refractivity contribution in [2.24, 2.45) is 5.92 Å². The standard InChI is InChI=1S/C13H21O3.3C6H5.Sn/c1-10-5-7-15-13(3)11(10)9-16-12(13,2)6-8-14-4;3*1-2-4-6-5-3-1;/h1,11H,5-9H2,2-4H3;3*1-5H;/t11-,12-,13+;;;;/m1..../s1/i9D2;;;;. The number of rotatable bonds is 7. The summed E-state index contributed by atoms with van der Waals surface area (Å²) in [4.78, 5) is 0. The predicted octanol–water partition coefficient (Wildman–Crippen LogP) is 4.24. The Labute approximate surface area is 216 Å². The molecule has 0 bridgehead atoms. The van der Waals surface area contributed by atoms with E-state index in [9.17, 15) is 0 Å². The number of benzene rings is 3. The minimum atomic E-state index is -3.77. The second kappa shape index (κ2) is 10.2. The average molecular weight is 577 g/mol. The van der Waals surface area contributed by atoms with Gasteiger partial charge < -0.3 is 0 Å². The molecule has 0 amide bonds. The molecule has 3 aromatic rings. The summed E-state index contributed by atoms with van der Waals surface area (Å²) in [6.45, 7) is 3.19. The fourth-order valence-electron chi connectivity index (χ4n) is 5.78. The summed E-state index contributed by atoms with van der Waals surface area (Å²) in [5.74, 6) is -0.511. The summed E-state index contributed by atoms with van der Waals surface area (Å²) < 4.78 is 42.8. The van der Waals surface area contributed by atoms with E-state index in [4.69, 9.17) is 17.0 Å². The van der Waals surface area contributed by atoms with Gasteiger partial charge in [0.15, 0.2) is 0 Å². The second-order valence-corrected chi connectivity index (χ2v) is 20.3. The third-order valence-corrected chi connectivity index (χ3v) is 21.0. The molecule has 0 aromatic heterocycles. The van der Waals surface area contributed by atoms with Gasteiger partial charge >= 0.3 is 217 Å². The number of methoxy groups -OCH3 is 1. The minimum absolute atomic E-state index is 0.485. The van der Waals surface area contributed by atoms with Crippen LogP contribution in [-0.4, -0.2) is 56.5 Å². The first kappa shape index (κ1) is 22.3. The Kier molecular flexibility index (Phi) is 6.50. The normalized spacial score (nSPS) is 29.9. The quantitative estimate of drug-likeness (QED) is 0.394.